The lowest BCUT2D eigenvalue weighted by Gasteiger charge is -2.25. The quantitative estimate of drug-likeness (QED) is 0.218. The van der Waals surface area contributed by atoms with E-state index < -0.39 is 5.60 Å². The maximum absolute atomic E-state index is 13.5. The molecule has 5 rings (SSSR count). The molecule has 3 aromatic heterocycles. The first-order valence-electron chi connectivity index (χ1n) is 14.7. The highest BCUT2D eigenvalue weighted by atomic mass is 16.3. The Labute approximate surface area is 253 Å². The van der Waals surface area contributed by atoms with Crippen molar-refractivity contribution in [3.63, 3.8) is 0 Å². The van der Waals surface area contributed by atoms with E-state index in [9.17, 15) is 9.90 Å². The molecular weight excluding hydrogens is 538 g/mol. The van der Waals surface area contributed by atoms with Gasteiger partial charge in [-0.15, -0.1) is 0 Å². The summed E-state index contributed by atoms with van der Waals surface area (Å²) in [5.74, 6) is 1.60. The molecule has 0 aliphatic carbocycles. The number of imidazole rings is 1. The SMILES string of the molecule is CCC(C)N(C)C(=O)c1cc(-c2c(C)nn3c(NCc4cccc(-c5nccn5C)c4)cc(C(C)(C)O)nc23)ccc1C. The Morgan fingerprint density at radius 1 is 1.12 bits per heavy atom. The van der Waals surface area contributed by atoms with Crippen LogP contribution in [-0.2, 0) is 19.2 Å². The average Bonchev–Trinajstić information content (AvgIpc) is 3.56. The van der Waals surface area contributed by atoms with Crippen molar-refractivity contribution < 1.29 is 9.90 Å². The topological polar surface area (TPSA) is 101 Å². The lowest BCUT2D eigenvalue weighted by molar-refractivity contribution is 0.0734. The Hall–Kier alpha value is -4.50. The Bertz CT molecular complexity index is 1790. The second kappa shape index (κ2) is 11.6. The Kier molecular flexibility index (Phi) is 8.12. The molecule has 0 saturated heterocycles. The first-order chi connectivity index (χ1) is 20.4. The third-order valence-electron chi connectivity index (χ3n) is 8.20. The van der Waals surface area contributed by atoms with Gasteiger partial charge in [-0.2, -0.15) is 9.61 Å². The lowest BCUT2D eigenvalue weighted by atomic mass is 9.98. The Morgan fingerprint density at radius 3 is 2.56 bits per heavy atom. The summed E-state index contributed by atoms with van der Waals surface area (Å²) < 4.78 is 3.78. The molecule has 0 spiro atoms. The summed E-state index contributed by atoms with van der Waals surface area (Å²) in [6.07, 6.45) is 4.60. The summed E-state index contributed by atoms with van der Waals surface area (Å²) in [5, 5.41) is 19.4. The van der Waals surface area contributed by atoms with E-state index in [1.165, 1.54) is 0 Å². The van der Waals surface area contributed by atoms with Crippen LogP contribution in [0.5, 0.6) is 0 Å². The van der Waals surface area contributed by atoms with E-state index in [1.54, 1.807) is 29.5 Å². The third-order valence-corrected chi connectivity index (χ3v) is 8.20. The third kappa shape index (κ3) is 5.90. The van der Waals surface area contributed by atoms with Crippen molar-refractivity contribution in [2.75, 3.05) is 12.4 Å². The molecule has 1 unspecified atom stereocenters. The molecule has 5 aromatic rings. The molecule has 0 radical (unpaired) electrons. The number of carbonyl (C=O) groups excluding carboxylic acids is 1. The molecule has 0 bridgehead atoms. The number of hydrogen-bond donors (Lipinski definition) is 2. The van der Waals surface area contributed by atoms with Crippen molar-refractivity contribution >= 4 is 17.4 Å². The molecule has 43 heavy (non-hydrogen) atoms. The molecule has 1 amide bonds. The van der Waals surface area contributed by atoms with Crippen LogP contribution < -0.4 is 5.32 Å². The summed E-state index contributed by atoms with van der Waals surface area (Å²) in [4.78, 5) is 24.6. The molecule has 9 nitrogen and oxygen atoms in total. The molecule has 0 aliphatic heterocycles. The molecule has 0 fully saturated rings. The van der Waals surface area contributed by atoms with Crippen molar-refractivity contribution in [2.45, 2.75) is 66.2 Å². The minimum Gasteiger partial charge on any atom is -0.384 e. The fourth-order valence-electron chi connectivity index (χ4n) is 5.23. The van der Waals surface area contributed by atoms with Gasteiger partial charge in [-0.1, -0.05) is 37.3 Å². The zero-order chi connectivity index (χ0) is 31.1. The van der Waals surface area contributed by atoms with Gasteiger partial charge in [0.2, 0.25) is 0 Å². The van der Waals surface area contributed by atoms with Crippen LogP contribution in [0.4, 0.5) is 5.82 Å². The molecule has 224 valence electrons. The fourth-order valence-corrected chi connectivity index (χ4v) is 5.23. The van der Waals surface area contributed by atoms with Gasteiger partial charge in [0.15, 0.2) is 5.65 Å². The number of rotatable bonds is 9. The fraction of sp³-hybridized carbons (Fsp3) is 0.353. The van der Waals surface area contributed by atoms with Crippen LogP contribution in [0.25, 0.3) is 28.2 Å². The largest absolute Gasteiger partial charge is 0.384 e. The predicted molar refractivity (Wildman–Crippen MR) is 171 cm³/mol. The number of aryl methyl sites for hydroxylation is 3. The molecule has 1 atom stereocenters. The van der Waals surface area contributed by atoms with Gasteiger partial charge in [-0.25, -0.2) is 9.97 Å². The van der Waals surface area contributed by atoms with Gasteiger partial charge in [0.25, 0.3) is 5.91 Å². The van der Waals surface area contributed by atoms with Crippen LogP contribution in [0, 0.1) is 13.8 Å². The van der Waals surface area contributed by atoms with Crippen LogP contribution in [0.2, 0.25) is 0 Å². The molecule has 0 saturated carbocycles. The molecule has 2 aromatic carbocycles. The van der Waals surface area contributed by atoms with Gasteiger partial charge in [0, 0.05) is 61.8 Å². The maximum Gasteiger partial charge on any atom is 0.254 e. The molecular formula is C34H41N7O2. The predicted octanol–water partition coefficient (Wildman–Crippen LogP) is 6.12. The summed E-state index contributed by atoms with van der Waals surface area (Å²) in [6.45, 7) is 12.0. The van der Waals surface area contributed by atoms with Gasteiger partial charge in [0.1, 0.15) is 17.2 Å². The van der Waals surface area contributed by atoms with Crippen molar-refractivity contribution in [1.82, 2.24) is 29.0 Å². The highest BCUT2D eigenvalue weighted by Gasteiger charge is 2.25. The molecule has 2 N–H and O–H groups in total. The number of benzene rings is 2. The monoisotopic (exact) mass is 579 g/mol. The summed E-state index contributed by atoms with van der Waals surface area (Å²) in [6, 6.07) is 16.2. The summed E-state index contributed by atoms with van der Waals surface area (Å²) in [5.41, 5.74) is 6.08. The van der Waals surface area contributed by atoms with E-state index in [0.29, 0.717) is 29.3 Å². The minimum atomic E-state index is -1.18. The Balaban J connectivity index is 1.57. The zero-order valence-electron chi connectivity index (χ0n) is 26.3. The van der Waals surface area contributed by atoms with Crippen LogP contribution in [0.15, 0.2) is 60.9 Å². The van der Waals surface area contributed by atoms with Crippen LogP contribution >= 0.6 is 0 Å². The first kappa shape index (κ1) is 30.0. The van der Waals surface area contributed by atoms with Crippen LogP contribution in [0.3, 0.4) is 0 Å². The number of hydrogen-bond acceptors (Lipinski definition) is 6. The Morgan fingerprint density at radius 2 is 1.88 bits per heavy atom. The highest BCUT2D eigenvalue weighted by Crippen LogP contribution is 2.33. The number of aromatic nitrogens is 5. The maximum atomic E-state index is 13.5. The second-order valence-electron chi connectivity index (χ2n) is 11.9. The van der Waals surface area contributed by atoms with E-state index in [1.807, 2.05) is 75.1 Å². The van der Waals surface area contributed by atoms with E-state index in [0.717, 1.165) is 45.8 Å². The lowest BCUT2D eigenvalue weighted by Crippen LogP contribution is -2.35. The number of carbonyl (C=O) groups is 1. The van der Waals surface area contributed by atoms with Gasteiger partial charge in [-0.3, -0.25) is 4.79 Å². The highest BCUT2D eigenvalue weighted by molar-refractivity contribution is 5.97. The van der Waals surface area contributed by atoms with Gasteiger partial charge in [0.05, 0.1) is 11.4 Å². The zero-order valence-corrected chi connectivity index (χ0v) is 26.3. The van der Waals surface area contributed by atoms with E-state index in [2.05, 4.69) is 36.3 Å². The number of anilines is 1. The van der Waals surface area contributed by atoms with Crippen molar-refractivity contribution in [3.05, 3.63) is 89.0 Å². The standard InChI is InChI=1S/C34H41N7O2/c1-9-22(3)40(8)33(42)27-18-25(14-13-21(27)2)30-23(4)38-41-29(19-28(34(5,6)43)37-32(30)41)36-20-24-11-10-12-26(17-24)31-35-15-16-39(31)7/h10-19,22,36,43H,9,20H2,1-8H3. The van der Waals surface area contributed by atoms with E-state index in [4.69, 9.17) is 10.1 Å². The molecule has 0 aliphatic rings. The van der Waals surface area contributed by atoms with Crippen molar-refractivity contribution in [2.24, 2.45) is 7.05 Å². The first-order valence-corrected chi connectivity index (χ1v) is 14.7. The van der Waals surface area contributed by atoms with Gasteiger partial charge in [-0.05, 0) is 69.9 Å². The van der Waals surface area contributed by atoms with Crippen LogP contribution in [-0.4, -0.2) is 53.2 Å². The number of amides is 1. The van der Waals surface area contributed by atoms with Gasteiger partial charge >= 0.3 is 0 Å². The number of aliphatic hydroxyl groups is 1. The molecule has 9 heteroatoms. The molecule has 3 heterocycles. The average molecular weight is 580 g/mol. The summed E-state index contributed by atoms with van der Waals surface area (Å²) >= 11 is 0. The van der Waals surface area contributed by atoms with Crippen molar-refractivity contribution in [3.8, 4) is 22.5 Å². The summed E-state index contributed by atoms with van der Waals surface area (Å²) in [7, 11) is 3.83. The number of fused-ring (bicyclic) bond motifs is 1. The van der Waals surface area contributed by atoms with Crippen LogP contribution in [0.1, 0.15) is 67.0 Å². The van der Waals surface area contributed by atoms with E-state index >= 15 is 0 Å². The minimum absolute atomic E-state index is 0.0110. The number of nitrogens with one attached hydrogen (secondary N) is 1. The number of nitrogens with zero attached hydrogens (tertiary/aromatic N) is 6. The second-order valence-corrected chi connectivity index (χ2v) is 11.9. The smallest absolute Gasteiger partial charge is 0.254 e. The normalized spacial score (nSPS) is 12.5. The van der Waals surface area contributed by atoms with Crippen molar-refractivity contribution in [1.29, 1.82) is 0 Å². The van der Waals surface area contributed by atoms with E-state index in [-0.39, 0.29) is 11.9 Å². The van der Waals surface area contributed by atoms with Gasteiger partial charge < -0.3 is 19.9 Å².